The van der Waals surface area contributed by atoms with Crippen molar-refractivity contribution in [1.29, 1.82) is 0 Å². The lowest BCUT2D eigenvalue weighted by atomic mass is 10.1. The fraction of sp³-hybridized carbons (Fsp3) is 0.409. The Hall–Kier alpha value is -2.54. The number of amides is 1. The Kier molecular flexibility index (Phi) is 6.47. The van der Waals surface area contributed by atoms with E-state index >= 15 is 0 Å². The molecule has 2 aromatic rings. The molecule has 1 atom stereocenters. The van der Waals surface area contributed by atoms with Gasteiger partial charge in [-0.2, -0.15) is 0 Å². The molecular weight excluding hydrogens is 390 g/mol. The first-order chi connectivity index (χ1) is 13.8. The van der Waals surface area contributed by atoms with E-state index in [9.17, 15) is 13.2 Å². The van der Waals surface area contributed by atoms with Gasteiger partial charge in [0.25, 0.3) is 5.91 Å². The second-order valence-corrected chi connectivity index (χ2v) is 9.76. The first-order valence-corrected chi connectivity index (χ1v) is 11.5. The number of sulfone groups is 1. The second-order valence-electron chi connectivity index (χ2n) is 7.53. The average molecular weight is 418 g/mol. The third-order valence-corrected chi connectivity index (χ3v) is 6.65. The molecule has 1 fully saturated rings. The molecule has 0 aromatic heterocycles. The van der Waals surface area contributed by atoms with Crippen molar-refractivity contribution in [3.63, 3.8) is 0 Å². The normalized spacial score (nSPS) is 17.9. The van der Waals surface area contributed by atoms with Crippen molar-refractivity contribution < 1.29 is 22.7 Å². The number of carbonyl (C=O) groups is 1. The fourth-order valence-corrected chi connectivity index (χ4v) is 5.16. The quantitative estimate of drug-likeness (QED) is 0.691. The molecule has 3 rings (SSSR count). The number of rotatable bonds is 7. The van der Waals surface area contributed by atoms with Gasteiger partial charge in [-0.1, -0.05) is 12.1 Å². The van der Waals surface area contributed by atoms with Crippen LogP contribution in [0.3, 0.4) is 0 Å². The van der Waals surface area contributed by atoms with Gasteiger partial charge in [0.05, 0.1) is 24.7 Å². The zero-order valence-electron chi connectivity index (χ0n) is 17.0. The molecule has 7 heteroatoms. The van der Waals surface area contributed by atoms with Crippen molar-refractivity contribution in [2.45, 2.75) is 39.0 Å². The molecule has 0 spiro atoms. The van der Waals surface area contributed by atoms with E-state index in [2.05, 4.69) is 0 Å². The maximum atomic E-state index is 13.3. The topological polar surface area (TPSA) is 72.9 Å². The van der Waals surface area contributed by atoms with Crippen molar-refractivity contribution in [3.8, 4) is 11.5 Å². The number of benzene rings is 2. The van der Waals surface area contributed by atoms with Crippen molar-refractivity contribution in [1.82, 2.24) is 4.90 Å². The Balaban J connectivity index is 1.84. The van der Waals surface area contributed by atoms with Crippen LogP contribution in [-0.4, -0.2) is 50.0 Å². The van der Waals surface area contributed by atoms with E-state index in [4.69, 9.17) is 9.47 Å². The molecule has 1 amide bonds. The summed E-state index contributed by atoms with van der Waals surface area (Å²) in [6.07, 6.45) is 0.505. The molecule has 2 aromatic carbocycles. The van der Waals surface area contributed by atoms with Crippen LogP contribution in [0.1, 0.15) is 36.2 Å². The van der Waals surface area contributed by atoms with Crippen LogP contribution in [0, 0.1) is 0 Å². The van der Waals surface area contributed by atoms with Gasteiger partial charge in [0.2, 0.25) is 0 Å². The molecule has 1 aliphatic rings. The maximum Gasteiger partial charge on any atom is 0.254 e. The number of nitrogens with zero attached hydrogens (tertiary/aromatic N) is 1. The molecular formula is C22H27NO5S. The van der Waals surface area contributed by atoms with E-state index in [1.54, 1.807) is 36.3 Å². The van der Waals surface area contributed by atoms with Crippen LogP contribution >= 0.6 is 0 Å². The summed E-state index contributed by atoms with van der Waals surface area (Å²) in [5.74, 6) is 1.37. The summed E-state index contributed by atoms with van der Waals surface area (Å²) in [5, 5.41) is 0. The van der Waals surface area contributed by atoms with Gasteiger partial charge in [0.1, 0.15) is 11.5 Å². The highest BCUT2D eigenvalue weighted by atomic mass is 32.2. The lowest BCUT2D eigenvalue weighted by Gasteiger charge is -2.28. The lowest BCUT2D eigenvalue weighted by molar-refractivity contribution is 0.0681. The van der Waals surface area contributed by atoms with Gasteiger partial charge in [-0.15, -0.1) is 0 Å². The van der Waals surface area contributed by atoms with E-state index in [-0.39, 0.29) is 29.6 Å². The largest absolute Gasteiger partial charge is 0.497 e. The predicted molar refractivity (Wildman–Crippen MR) is 112 cm³/mol. The van der Waals surface area contributed by atoms with Gasteiger partial charge in [-0.05, 0) is 62.2 Å². The summed E-state index contributed by atoms with van der Waals surface area (Å²) >= 11 is 0. The van der Waals surface area contributed by atoms with Crippen LogP contribution in [0.5, 0.6) is 11.5 Å². The molecule has 1 saturated heterocycles. The van der Waals surface area contributed by atoms with E-state index in [1.807, 2.05) is 38.1 Å². The highest BCUT2D eigenvalue weighted by Gasteiger charge is 2.35. The monoisotopic (exact) mass is 417 g/mol. The number of hydrogen-bond acceptors (Lipinski definition) is 5. The number of carbonyl (C=O) groups excluding carboxylic acids is 1. The Morgan fingerprint density at radius 3 is 2.21 bits per heavy atom. The maximum absolute atomic E-state index is 13.3. The molecule has 1 aliphatic heterocycles. The molecule has 1 heterocycles. The van der Waals surface area contributed by atoms with E-state index < -0.39 is 9.84 Å². The number of methoxy groups -OCH3 is 1. The van der Waals surface area contributed by atoms with Crippen LogP contribution in [0.15, 0.2) is 48.5 Å². The van der Waals surface area contributed by atoms with Gasteiger partial charge in [0, 0.05) is 18.2 Å². The highest BCUT2D eigenvalue weighted by molar-refractivity contribution is 7.91. The molecule has 6 nitrogen and oxygen atoms in total. The highest BCUT2D eigenvalue weighted by Crippen LogP contribution is 2.24. The smallest absolute Gasteiger partial charge is 0.254 e. The molecule has 0 saturated carbocycles. The van der Waals surface area contributed by atoms with Crippen LogP contribution < -0.4 is 9.47 Å². The van der Waals surface area contributed by atoms with E-state index in [1.165, 1.54) is 0 Å². The third kappa shape index (κ3) is 5.50. The summed E-state index contributed by atoms with van der Waals surface area (Å²) in [5.41, 5.74) is 1.43. The standard InChI is InChI=1S/C22H27NO5S/c1-16(2)28-21-10-6-18(7-11-21)22(24)23(19-12-13-29(25,26)15-19)14-17-4-8-20(27-3)9-5-17/h4-11,16,19H,12-15H2,1-3H3/t19-/m0/s1. The van der Waals surface area contributed by atoms with Gasteiger partial charge in [-0.3, -0.25) is 4.79 Å². The summed E-state index contributed by atoms with van der Waals surface area (Å²) in [6.45, 7) is 4.22. The van der Waals surface area contributed by atoms with Crippen LogP contribution in [-0.2, 0) is 16.4 Å². The van der Waals surface area contributed by atoms with Crippen molar-refractivity contribution in [2.24, 2.45) is 0 Å². The number of hydrogen-bond donors (Lipinski definition) is 0. The fourth-order valence-electron chi connectivity index (χ4n) is 3.43. The average Bonchev–Trinajstić information content (AvgIpc) is 3.05. The molecule has 0 bridgehead atoms. The first kappa shape index (κ1) is 21.2. The zero-order chi connectivity index (χ0) is 21.0. The molecule has 29 heavy (non-hydrogen) atoms. The third-order valence-electron chi connectivity index (χ3n) is 4.90. The van der Waals surface area contributed by atoms with Gasteiger partial charge in [0.15, 0.2) is 9.84 Å². The molecule has 0 unspecified atom stereocenters. The predicted octanol–water partition coefficient (Wildman–Crippen LogP) is 3.31. The molecule has 0 N–H and O–H groups in total. The molecule has 0 aliphatic carbocycles. The Labute approximate surface area is 172 Å². The molecule has 156 valence electrons. The van der Waals surface area contributed by atoms with Crippen molar-refractivity contribution in [2.75, 3.05) is 18.6 Å². The van der Waals surface area contributed by atoms with Crippen molar-refractivity contribution in [3.05, 3.63) is 59.7 Å². The van der Waals surface area contributed by atoms with Gasteiger partial charge in [-0.25, -0.2) is 8.42 Å². The minimum atomic E-state index is -3.11. The van der Waals surface area contributed by atoms with Gasteiger partial charge >= 0.3 is 0 Å². The summed E-state index contributed by atoms with van der Waals surface area (Å²) in [4.78, 5) is 14.9. The lowest BCUT2D eigenvalue weighted by Crippen LogP contribution is -2.40. The van der Waals surface area contributed by atoms with Crippen LogP contribution in [0.2, 0.25) is 0 Å². The van der Waals surface area contributed by atoms with E-state index in [0.717, 1.165) is 11.3 Å². The minimum Gasteiger partial charge on any atom is -0.497 e. The summed E-state index contributed by atoms with van der Waals surface area (Å²) in [6, 6.07) is 14.1. The van der Waals surface area contributed by atoms with E-state index in [0.29, 0.717) is 24.3 Å². The SMILES string of the molecule is COc1ccc(CN(C(=O)c2ccc(OC(C)C)cc2)[C@H]2CCS(=O)(=O)C2)cc1. The Bertz CT molecular complexity index is 936. The first-order valence-electron chi connectivity index (χ1n) is 9.68. The Morgan fingerprint density at radius 2 is 1.69 bits per heavy atom. The number of ether oxygens (including phenoxy) is 2. The van der Waals surface area contributed by atoms with Crippen LogP contribution in [0.4, 0.5) is 0 Å². The van der Waals surface area contributed by atoms with Crippen molar-refractivity contribution >= 4 is 15.7 Å². The Morgan fingerprint density at radius 1 is 1.07 bits per heavy atom. The van der Waals surface area contributed by atoms with Crippen LogP contribution in [0.25, 0.3) is 0 Å². The summed E-state index contributed by atoms with van der Waals surface area (Å²) < 4.78 is 34.9. The molecule has 0 radical (unpaired) electrons. The summed E-state index contributed by atoms with van der Waals surface area (Å²) in [7, 11) is -1.52. The van der Waals surface area contributed by atoms with Gasteiger partial charge < -0.3 is 14.4 Å². The second kappa shape index (κ2) is 8.86. The zero-order valence-corrected chi connectivity index (χ0v) is 17.8. The minimum absolute atomic E-state index is 0.00341.